The maximum absolute atomic E-state index is 4.07. The van der Waals surface area contributed by atoms with Gasteiger partial charge in [-0.05, 0) is 13.8 Å². The van der Waals surface area contributed by atoms with Gasteiger partial charge in [-0.3, -0.25) is 0 Å². The minimum Gasteiger partial charge on any atom is -0.376 e. The molecule has 0 aromatic rings. The Balaban J connectivity index is 4.26. The van der Waals surface area contributed by atoms with Gasteiger partial charge in [0, 0.05) is 24.2 Å². The van der Waals surface area contributed by atoms with Crippen LogP contribution in [-0.4, -0.2) is 18.0 Å². The molecule has 0 radical (unpaired) electrons. The minimum absolute atomic E-state index is 0.193. The summed E-state index contributed by atoms with van der Waals surface area (Å²) in [6.45, 7) is 15.0. The molecule has 0 saturated heterocycles. The lowest BCUT2D eigenvalue weighted by atomic mass is 9.91. The molecule has 0 fully saturated rings. The molecular formula is C10H21N. The zero-order valence-corrected chi connectivity index (χ0v) is 8.73. The van der Waals surface area contributed by atoms with Gasteiger partial charge in [-0.25, -0.2) is 0 Å². The number of hydrogen-bond donors (Lipinski definition) is 0. The Bertz CT molecular complexity index is 139. The Kier molecular flexibility index (Phi) is 3.15. The van der Waals surface area contributed by atoms with Gasteiger partial charge in [-0.15, -0.1) is 0 Å². The summed E-state index contributed by atoms with van der Waals surface area (Å²) in [4.78, 5) is 2.22. The highest BCUT2D eigenvalue weighted by atomic mass is 15.1. The SMILES string of the molecule is C=C(N(C)C(C)C)C(C)(C)C. The second kappa shape index (κ2) is 3.29. The van der Waals surface area contributed by atoms with Crippen LogP contribution in [0.1, 0.15) is 34.6 Å². The molecule has 1 nitrogen and oxygen atoms in total. The summed E-state index contributed by atoms with van der Waals surface area (Å²) >= 11 is 0. The summed E-state index contributed by atoms with van der Waals surface area (Å²) in [5, 5.41) is 0. The van der Waals surface area contributed by atoms with Gasteiger partial charge in [-0.2, -0.15) is 0 Å². The van der Waals surface area contributed by atoms with Crippen LogP contribution in [0.5, 0.6) is 0 Å². The maximum atomic E-state index is 4.07. The van der Waals surface area contributed by atoms with Gasteiger partial charge in [-0.1, -0.05) is 27.4 Å². The van der Waals surface area contributed by atoms with Crippen molar-refractivity contribution >= 4 is 0 Å². The van der Waals surface area contributed by atoms with E-state index < -0.39 is 0 Å². The number of nitrogens with zero attached hydrogens (tertiary/aromatic N) is 1. The molecule has 1 heteroatoms. The average Bonchev–Trinajstić information content (AvgIpc) is 1.82. The highest BCUT2D eigenvalue weighted by Crippen LogP contribution is 2.26. The lowest BCUT2D eigenvalue weighted by molar-refractivity contribution is 0.268. The van der Waals surface area contributed by atoms with Crippen LogP contribution in [0.15, 0.2) is 12.3 Å². The second-order valence-corrected chi connectivity index (χ2v) is 4.40. The Labute approximate surface area is 71.1 Å². The van der Waals surface area contributed by atoms with Crippen LogP contribution < -0.4 is 0 Å². The topological polar surface area (TPSA) is 3.24 Å². The number of hydrogen-bond acceptors (Lipinski definition) is 1. The van der Waals surface area contributed by atoms with E-state index in [-0.39, 0.29) is 5.41 Å². The third-order valence-corrected chi connectivity index (χ3v) is 2.07. The molecule has 0 unspecified atom stereocenters. The van der Waals surface area contributed by atoms with Gasteiger partial charge in [0.15, 0.2) is 0 Å². The fourth-order valence-electron chi connectivity index (χ4n) is 0.841. The van der Waals surface area contributed by atoms with E-state index in [0.29, 0.717) is 6.04 Å². The van der Waals surface area contributed by atoms with Gasteiger partial charge >= 0.3 is 0 Å². The van der Waals surface area contributed by atoms with Crippen molar-refractivity contribution in [2.75, 3.05) is 7.05 Å². The third kappa shape index (κ3) is 2.96. The first-order chi connectivity index (χ1) is 4.76. The van der Waals surface area contributed by atoms with E-state index in [1.54, 1.807) is 0 Å². The van der Waals surface area contributed by atoms with E-state index in [9.17, 15) is 0 Å². The molecule has 0 rings (SSSR count). The van der Waals surface area contributed by atoms with E-state index >= 15 is 0 Å². The molecule has 0 amide bonds. The Hall–Kier alpha value is -0.460. The standard InChI is InChI=1S/C10H21N/c1-8(2)11(7)9(3)10(4,5)6/h8H,3H2,1-2,4-7H3. The van der Waals surface area contributed by atoms with Gasteiger partial charge in [0.2, 0.25) is 0 Å². The van der Waals surface area contributed by atoms with Crippen molar-refractivity contribution in [2.24, 2.45) is 5.41 Å². The molecule has 0 atom stereocenters. The van der Waals surface area contributed by atoms with Crippen molar-refractivity contribution in [3.05, 3.63) is 12.3 Å². The fourth-order valence-corrected chi connectivity index (χ4v) is 0.841. The maximum Gasteiger partial charge on any atom is 0.0227 e. The predicted octanol–water partition coefficient (Wildman–Crippen LogP) is 2.89. The zero-order chi connectivity index (χ0) is 9.23. The van der Waals surface area contributed by atoms with E-state index in [1.807, 2.05) is 0 Å². The Morgan fingerprint density at radius 1 is 1.27 bits per heavy atom. The summed E-state index contributed by atoms with van der Waals surface area (Å²) < 4.78 is 0. The van der Waals surface area contributed by atoms with Crippen molar-refractivity contribution in [1.29, 1.82) is 0 Å². The summed E-state index contributed by atoms with van der Waals surface area (Å²) in [5.41, 5.74) is 1.39. The molecule has 0 spiro atoms. The summed E-state index contributed by atoms with van der Waals surface area (Å²) in [5.74, 6) is 0. The van der Waals surface area contributed by atoms with Gasteiger partial charge in [0.1, 0.15) is 0 Å². The van der Waals surface area contributed by atoms with Crippen LogP contribution in [0.4, 0.5) is 0 Å². The van der Waals surface area contributed by atoms with E-state index in [4.69, 9.17) is 0 Å². The van der Waals surface area contributed by atoms with Crippen LogP contribution in [0, 0.1) is 5.41 Å². The molecule has 0 aliphatic carbocycles. The summed E-state index contributed by atoms with van der Waals surface area (Å²) in [7, 11) is 2.10. The molecule has 0 heterocycles. The summed E-state index contributed by atoms with van der Waals surface area (Å²) in [6.07, 6.45) is 0. The molecule has 11 heavy (non-hydrogen) atoms. The van der Waals surface area contributed by atoms with E-state index in [0.717, 1.165) is 0 Å². The molecule has 0 aromatic carbocycles. The normalized spacial score (nSPS) is 11.9. The highest BCUT2D eigenvalue weighted by molar-refractivity contribution is 5.03. The van der Waals surface area contributed by atoms with Gasteiger partial charge in [0.05, 0.1) is 0 Å². The van der Waals surface area contributed by atoms with E-state index in [1.165, 1.54) is 5.70 Å². The van der Waals surface area contributed by atoms with Crippen LogP contribution in [0.2, 0.25) is 0 Å². The molecular weight excluding hydrogens is 134 g/mol. The largest absolute Gasteiger partial charge is 0.376 e. The fraction of sp³-hybridized carbons (Fsp3) is 0.800. The molecule has 66 valence electrons. The first-order valence-electron chi connectivity index (χ1n) is 4.19. The van der Waals surface area contributed by atoms with Crippen LogP contribution in [0.3, 0.4) is 0 Å². The summed E-state index contributed by atoms with van der Waals surface area (Å²) in [6, 6.07) is 0.543. The van der Waals surface area contributed by atoms with Crippen LogP contribution in [-0.2, 0) is 0 Å². The molecule has 0 aliphatic rings. The smallest absolute Gasteiger partial charge is 0.0227 e. The average molecular weight is 155 g/mol. The minimum atomic E-state index is 0.193. The van der Waals surface area contributed by atoms with Crippen LogP contribution in [0.25, 0.3) is 0 Å². The van der Waals surface area contributed by atoms with Crippen molar-refractivity contribution in [1.82, 2.24) is 4.90 Å². The Morgan fingerprint density at radius 3 is 1.73 bits per heavy atom. The first-order valence-corrected chi connectivity index (χ1v) is 4.19. The van der Waals surface area contributed by atoms with Gasteiger partial charge < -0.3 is 4.90 Å². The quantitative estimate of drug-likeness (QED) is 0.592. The van der Waals surface area contributed by atoms with Crippen molar-refractivity contribution in [3.8, 4) is 0 Å². The van der Waals surface area contributed by atoms with Crippen molar-refractivity contribution in [3.63, 3.8) is 0 Å². The molecule has 0 bridgehead atoms. The predicted molar refractivity (Wildman–Crippen MR) is 51.5 cm³/mol. The third-order valence-electron chi connectivity index (χ3n) is 2.07. The van der Waals surface area contributed by atoms with E-state index in [2.05, 4.69) is 53.1 Å². The zero-order valence-electron chi connectivity index (χ0n) is 8.73. The molecule has 0 aromatic heterocycles. The lowest BCUT2D eigenvalue weighted by Gasteiger charge is -2.34. The van der Waals surface area contributed by atoms with Gasteiger partial charge in [0.25, 0.3) is 0 Å². The Morgan fingerprint density at radius 2 is 1.64 bits per heavy atom. The second-order valence-electron chi connectivity index (χ2n) is 4.40. The molecule has 0 aliphatic heterocycles. The number of allylic oxidation sites excluding steroid dienone is 1. The highest BCUT2D eigenvalue weighted by Gasteiger charge is 2.19. The number of rotatable bonds is 2. The molecule has 0 N–H and O–H groups in total. The van der Waals surface area contributed by atoms with Crippen LogP contribution >= 0.6 is 0 Å². The monoisotopic (exact) mass is 155 g/mol. The molecule has 0 saturated carbocycles. The van der Waals surface area contributed by atoms with Crippen molar-refractivity contribution < 1.29 is 0 Å². The van der Waals surface area contributed by atoms with Crippen molar-refractivity contribution in [2.45, 2.75) is 40.7 Å². The lowest BCUT2D eigenvalue weighted by Crippen LogP contribution is -2.31. The first kappa shape index (κ1) is 10.5.